The maximum Gasteiger partial charge on any atom is 0.215 e. The lowest BCUT2D eigenvalue weighted by molar-refractivity contribution is 0.663. The fourth-order valence-corrected chi connectivity index (χ4v) is 2.23. The molecule has 1 atom stereocenters. The van der Waals surface area contributed by atoms with Crippen molar-refractivity contribution >= 4 is 11.8 Å². The molecule has 0 aromatic carbocycles. The summed E-state index contributed by atoms with van der Waals surface area (Å²) in [4.78, 5) is 4.35. The minimum atomic E-state index is 0.108. The molecule has 2 heterocycles. The minimum absolute atomic E-state index is 0.108. The summed E-state index contributed by atoms with van der Waals surface area (Å²) in [6, 6.07) is 4.05. The summed E-state index contributed by atoms with van der Waals surface area (Å²) in [6.07, 6.45) is 2.55. The predicted molar refractivity (Wildman–Crippen MR) is 64.5 cm³/mol. The molecule has 7 heteroatoms. The van der Waals surface area contributed by atoms with E-state index in [0.29, 0.717) is 0 Å². The van der Waals surface area contributed by atoms with Gasteiger partial charge in [0.2, 0.25) is 5.16 Å². The molecule has 0 amide bonds. The first-order valence-corrected chi connectivity index (χ1v) is 6.08. The molecule has 90 valence electrons. The van der Waals surface area contributed by atoms with Crippen LogP contribution in [0.25, 0.3) is 0 Å². The molecule has 0 aliphatic rings. The van der Waals surface area contributed by atoms with E-state index in [1.807, 2.05) is 19.1 Å². The first-order valence-electron chi connectivity index (χ1n) is 5.26. The number of aryl methyl sites for hydroxylation is 1. The number of aromatic nitrogens is 5. The van der Waals surface area contributed by atoms with E-state index < -0.39 is 0 Å². The third-order valence-electron chi connectivity index (χ3n) is 2.16. The summed E-state index contributed by atoms with van der Waals surface area (Å²) in [7, 11) is 1.80. The van der Waals surface area contributed by atoms with Crippen LogP contribution in [-0.4, -0.2) is 31.2 Å². The number of tetrazole rings is 1. The second-order valence-corrected chi connectivity index (χ2v) is 4.79. The van der Waals surface area contributed by atoms with E-state index >= 15 is 0 Å². The molecule has 0 spiro atoms. The van der Waals surface area contributed by atoms with Crippen LogP contribution in [-0.2, 0) is 13.5 Å². The van der Waals surface area contributed by atoms with E-state index in [1.165, 1.54) is 11.8 Å². The first kappa shape index (κ1) is 12.0. The van der Waals surface area contributed by atoms with Gasteiger partial charge >= 0.3 is 0 Å². The Kier molecular flexibility index (Phi) is 3.70. The van der Waals surface area contributed by atoms with Gasteiger partial charge in [-0.3, -0.25) is 0 Å². The van der Waals surface area contributed by atoms with E-state index in [2.05, 4.69) is 20.5 Å². The second kappa shape index (κ2) is 5.24. The van der Waals surface area contributed by atoms with Gasteiger partial charge in [-0.1, -0.05) is 6.07 Å². The highest BCUT2D eigenvalue weighted by Crippen LogP contribution is 2.26. The number of hydrogen-bond acceptors (Lipinski definition) is 6. The highest BCUT2D eigenvalue weighted by atomic mass is 32.2. The van der Waals surface area contributed by atoms with Crippen LogP contribution in [0.1, 0.15) is 12.5 Å². The Balaban J connectivity index is 2.23. The lowest BCUT2D eigenvalue weighted by Gasteiger charge is -2.08. The largest absolute Gasteiger partial charge is 0.328 e. The van der Waals surface area contributed by atoms with Crippen molar-refractivity contribution in [2.45, 2.75) is 29.6 Å². The van der Waals surface area contributed by atoms with Crippen LogP contribution in [0.3, 0.4) is 0 Å². The molecule has 1 unspecified atom stereocenters. The zero-order valence-corrected chi connectivity index (χ0v) is 10.6. The SMILES string of the molecule is CC(N)Cc1cccnc1Sc1nnnn1C. The third-order valence-corrected chi connectivity index (χ3v) is 3.25. The van der Waals surface area contributed by atoms with Crippen molar-refractivity contribution in [3.63, 3.8) is 0 Å². The van der Waals surface area contributed by atoms with Crippen LogP contribution in [0.5, 0.6) is 0 Å². The lowest BCUT2D eigenvalue weighted by atomic mass is 10.1. The van der Waals surface area contributed by atoms with Gasteiger partial charge in [0.15, 0.2) is 0 Å². The molecule has 0 aliphatic carbocycles. The summed E-state index contributed by atoms with van der Waals surface area (Å²) in [5.41, 5.74) is 6.93. The Labute approximate surface area is 104 Å². The maximum atomic E-state index is 5.81. The highest BCUT2D eigenvalue weighted by molar-refractivity contribution is 7.99. The maximum absolute atomic E-state index is 5.81. The van der Waals surface area contributed by atoms with Gasteiger partial charge in [-0.25, -0.2) is 9.67 Å². The van der Waals surface area contributed by atoms with E-state index in [0.717, 1.165) is 22.2 Å². The van der Waals surface area contributed by atoms with E-state index in [9.17, 15) is 0 Å². The molecule has 2 aromatic rings. The van der Waals surface area contributed by atoms with Crippen LogP contribution in [0.15, 0.2) is 28.5 Å². The minimum Gasteiger partial charge on any atom is -0.328 e. The molecule has 0 aliphatic heterocycles. The molecule has 0 bridgehead atoms. The molecule has 2 rings (SSSR count). The molecule has 17 heavy (non-hydrogen) atoms. The summed E-state index contributed by atoms with van der Waals surface area (Å²) >= 11 is 1.45. The normalized spacial score (nSPS) is 12.6. The Hall–Kier alpha value is -1.47. The first-order chi connectivity index (χ1) is 8.16. The quantitative estimate of drug-likeness (QED) is 0.857. The molecule has 2 aromatic heterocycles. The second-order valence-electron chi connectivity index (χ2n) is 3.84. The summed E-state index contributed by atoms with van der Waals surface area (Å²) in [5, 5.41) is 12.9. The molecule has 0 radical (unpaired) electrons. The zero-order valence-electron chi connectivity index (χ0n) is 9.74. The molecule has 2 N–H and O–H groups in total. The Bertz CT molecular complexity index is 495. The van der Waals surface area contributed by atoms with Gasteiger partial charge in [0.05, 0.1) is 0 Å². The molecule has 0 saturated carbocycles. The number of rotatable bonds is 4. The summed E-state index contributed by atoms with van der Waals surface area (Å²) < 4.78 is 1.62. The van der Waals surface area contributed by atoms with E-state index in [4.69, 9.17) is 5.73 Å². The van der Waals surface area contributed by atoms with Crippen molar-refractivity contribution in [2.75, 3.05) is 0 Å². The topological polar surface area (TPSA) is 82.5 Å². The Morgan fingerprint density at radius 2 is 2.35 bits per heavy atom. The van der Waals surface area contributed by atoms with Gasteiger partial charge in [-0.05, 0) is 47.2 Å². The zero-order chi connectivity index (χ0) is 12.3. The standard InChI is InChI=1S/C10H14N6S/c1-7(11)6-8-4-3-5-12-9(8)17-10-13-14-15-16(10)2/h3-5,7H,6,11H2,1-2H3. The van der Waals surface area contributed by atoms with Crippen LogP contribution in [0.4, 0.5) is 0 Å². The summed E-state index contributed by atoms with van der Waals surface area (Å²) in [6.45, 7) is 1.98. The van der Waals surface area contributed by atoms with Gasteiger partial charge in [-0.2, -0.15) is 0 Å². The van der Waals surface area contributed by atoms with Gasteiger partial charge in [0.25, 0.3) is 0 Å². The van der Waals surface area contributed by atoms with E-state index in [1.54, 1.807) is 17.9 Å². The van der Waals surface area contributed by atoms with E-state index in [-0.39, 0.29) is 6.04 Å². The average Bonchev–Trinajstić information content (AvgIpc) is 2.67. The average molecular weight is 250 g/mol. The van der Waals surface area contributed by atoms with Crippen molar-refractivity contribution < 1.29 is 0 Å². The monoisotopic (exact) mass is 250 g/mol. The van der Waals surface area contributed by atoms with Crippen LogP contribution >= 0.6 is 11.8 Å². The van der Waals surface area contributed by atoms with Crippen molar-refractivity contribution in [3.05, 3.63) is 23.9 Å². The molecule has 0 saturated heterocycles. The van der Waals surface area contributed by atoms with Crippen molar-refractivity contribution in [1.29, 1.82) is 0 Å². The lowest BCUT2D eigenvalue weighted by Crippen LogP contribution is -2.18. The fourth-order valence-electron chi connectivity index (χ4n) is 1.41. The number of nitrogens with two attached hydrogens (primary N) is 1. The summed E-state index contributed by atoms with van der Waals surface area (Å²) in [5.74, 6) is 0. The van der Waals surface area contributed by atoms with Gasteiger partial charge in [0, 0.05) is 19.3 Å². The van der Waals surface area contributed by atoms with Crippen molar-refractivity contribution in [2.24, 2.45) is 12.8 Å². The molecule has 0 fully saturated rings. The van der Waals surface area contributed by atoms with Crippen LogP contribution in [0.2, 0.25) is 0 Å². The van der Waals surface area contributed by atoms with Crippen LogP contribution < -0.4 is 5.73 Å². The van der Waals surface area contributed by atoms with Gasteiger partial charge in [0.1, 0.15) is 5.03 Å². The predicted octanol–water partition coefficient (Wildman–Crippen LogP) is 0.646. The number of nitrogens with zero attached hydrogens (tertiary/aromatic N) is 5. The highest BCUT2D eigenvalue weighted by Gasteiger charge is 2.11. The Morgan fingerprint density at radius 1 is 1.53 bits per heavy atom. The van der Waals surface area contributed by atoms with Crippen molar-refractivity contribution in [1.82, 2.24) is 25.2 Å². The molecular formula is C10H14N6S. The molecular weight excluding hydrogens is 236 g/mol. The van der Waals surface area contributed by atoms with Crippen molar-refractivity contribution in [3.8, 4) is 0 Å². The number of pyridine rings is 1. The van der Waals surface area contributed by atoms with Gasteiger partial charge < -0.3 is 5.73 Å². The van der Waals surface area contributed by atoms with Crippen LogP contribution in [0, 0.1) is 0 Å². The molecule has 6 nitrogen and oxygen atoms in total. The smallest absolute Gasteiger partial charge is 0.215 e. The fraction of sp³-hybridized carbons (Fsp3) is 0.400. The Morgan fingerprint density at radius 3 is 3.00 bits per heavy atom. The van der Waals surface area contributed by atoms with Gasteiger partial charge in [-0.15, -0.1) is 5.10 Å². The number of hydrogen-bond donors (Lipinski definition) is 1. The third kappa shape index (κ3) is 3.01.